The fraction of sp³-hybridized carbons (Fsp3) is 0.381. The van der Waals surface area contributed by atoms with Crippen molar-refractivity contribution in [1.82, 2.24) is 23.9 Å². The van der Waals surface area contributed by atoms with Gasteiger partial charge in [0.1, 0.15) is 17.0 Å². The van der Waals surface area contributed by atoms with Crippen LogP contribution in [0.2, 0.25) is 0 Å². The van der Waals surface area contributed by atoms with E-state index in [1.165, 1.54) is 4.40 Å². The van der Waals surface area contributed by atoms with Crippen molar-refractivity contribution in [3.05, 3.63) is 48.7 Å². The molecule has 31 heavy (non-hydrogen) atoms. The van der Waals surface area contributed by atoms with Gasteiger partial charge in [-0.25, -0.2) is 15.0 Å². The Hall–Kier alpha value is -3.30. The van der Waals surface area contributed by atoms with Crippen LogP contribution in [0.25, 0.3) is 16.7 Å². The molecule has 4 aromatic rings. The third-order valence-electron chi connectivity index (χ3n) is 5.78. The SMILES string of the molecule is Cn1cnc2ccnc(NC3CCCC(Nc4cccc5nc(C(F)(F)F)cn45)C3)c21. The Morgan fingerprint density at radius 1 is 1.06 bits per heavy atom. The van der Waals surface area contributed by atoms with Crippen molar-refractivity contribution in [2.24, 2.45) is 7.05 Å². The van der Waals surface area contributed by atoms with E-state index >= 15 is 0 Å². The molecule has 0 radical (unpaired) electrons. The highest BCUT2D eigenvalue weighted by Gasteiger charge is 2.34. The summed E-state index contributed by atoms with van der Waals surface area (Å²) in [5.41, 5.74) is 1.23. The molecule has 1 saturated carbocycles. The van der Waals surface area contributed by atoms with Crippen LogP contribution in [0.3, 0.4) is 0 Å². The largest absolute Gasteiger partial charge is 0.434 e. The average molecular weight is 429 g/mol. The third kappa shape index (κ3) is 3.77. The van der Waals surface area contributed by atoms with Crippen LogP contribution in [0, 0.1) is 0 Å². The smallest absolute Gasteiger partial charge is 0.368 e. The highest BCUT2D eigenvalue weighted by atomic mass is 19.4. The highest BCUT2D eigenvalue weighted by Crippen LogP contribution is 2.31. The predicted octanol–water partition coefficient (Wildman–Crippen LogP) is 4.47. The Morgan fingerprint density at radius 2 is 1.87 bits per heavy atom. The van der Waals surface area contributed by atoms with Gasteiger partial charge in [-0.15, -0.1) is 0 Å². The quantitative estimate of drug-likeness (QED) is 0.501. The van der Waals surface area contributed by atoms with E-state index in [0.29, 0.717) is 5.82 Å². The molecular formula is C21H22F3N7. The number of nitrogens with zero attached hydrogens (tertiary/aromatic N) is 5. The van der Waals surface area contributed by atoms with E-state index in [1.54, 1.807) is 30.7 Å². The number of pyridine rings is 2. The highest BCUT2D eigenvalue weighted by molar-refractivity contribution is 5.86. The lowest BCUT2D eigenvalue weighted by Gasteiger charge is -2.31. The van der Waals surface area contributed by atoms with Gasteiger partial charge in [-0.3, -0.25) is 4.40 Å². The van der Waals surface area contributed by atoms with Crippen LogP contribution in [-0.2, 0) is 13.2 Å². The second kappa shape index (κ2) is 7.44. The van der Waals surface area contributed by atoms with Gasteiger partial charge in [0.25, 0.3) is 0 Å². The molecule has 4 aromatic heterocycles. The number of hydrogen-bond donors (Lipinski definition) is 2. The second-order valence-corrected chi connectivity index (χ2v) is 8.00. The van der Waals surface area contributed by atoms with Crippen molar-refractivity contribution in [2.75, 3.05) is 10.6 Å². The molecule has 1 aliphatic rings. The van der Waals surface area contributed by atoms with Gasteiger partial charge in [0.05, 0.1) is 11.8 Å². The molecule has 1 fully saturated rings. The minimum Gasteiger partial charge on any atom is -0.368 e. The summed E-state index contributed by atoms with van der Waals surface area (Å²) in [5, 5.41) is 6.97. The lowest BCUT2D eigenvalue weighted by molar-refractivity contribution is -0.140. The topological polar surface area (TPSA) is 72.1 Å². The predicted molar refractivity (Wildman–Crippen MR) is 112 cm³/mol. The Morgan fingerprint density at radius 3 is 2.68 bits per heavy atom. The average Bonchev–Trinajstić information content (AvgIpc) is 3.34. The molecule has 2 atom stereocenters. The summed E-state index contributed by atoms with van der Waals surface area (Å²) in [7, 11) is 1.94. The minimum absolute atomic E-state index is 0.124. The first-order chi connectivity index (χ1) is 14.9. The molecule has 1 aliphatic carbocycles. The van der Waals surface area contributed by atoms with Crippen molar-refractivity contribution in [1.29, 1.82) is 0 Å². The van der Waals surface area contributed by atoms with Gasteiger partial charge in [0.2, 0.25) is 0 Å². The number of nitrogens with one attached hydrogen (secondary N) is 2. The zero-order valence-electron chi connectivity index (χ0n) is 16.9. The van der Waals surface area contributed by atoms with Gasteiger partial charge >= 0.3 is 6.18 Å². The van der Waals surface area contributed by atoms with Gasteiger partial charge in [0.15, 0.2) is 11.5 Å². The second-order valence-electron chi connectivity index (χ2n) is 8.00. The van der Waals surface area contributed by atoms with Gasteiger partial charge in [-0.05, 0) is 43.9 Å². The molecular weight excluding hydrogens is 407 g/mol. The maximum atomic E-state index is 13.1. The van der Waals surface area contributed by atoms with Crippen molar-refractivity contribution in [3.63, 3.8) is 0 Å². The van der Waals surface area contributed by atoms with Crippen LogP contribution in [0.4, 0.5) is 24.8 Å². The molecule has 7 nitrogen and oxygen atoms in total. The van der Waals surface area contributed by atoms with E-state index in [2.05, 4.69) is 25.6 Å². The Bertz CT molecular complexity index is 1230. The van der Waals surface area contributed by atoms with E-state index in [0.717, 1.165) is 48.7 Å². The molecule has 5 rings (SSSR count). The molecule has 10 heteroatoms. The lowest BCUT2D eigenvalue weighted by atomic mass is 9.91. The van der Waals surface area contributed by atoms with Crippen LogP contribution in [0.5, 0.6) is 0 Å². The number of alkyl halides is 3. The van der Waals surface area contributed by atoms with Gasteiger partial charge in [-0.1, -0.05) is 6.07 Å². The number of halogens is 3. The maximum Gasteiger partial charge on any atom is 0.434 e. The molecule has 0 saturated heterocycles. The number of hydrogen-bond acceptors (Lipinski definition) is 5. The summed E-state index contributed by atoms with van der Waals surface area (Å²) >= 11 is 0. The van der Waals surface area contributed by atoms with E-state index in [4.69, 9.17) is 0 Å². The standard InChI is InChI=1S/C21H22F3N7/c1-30-12-26-15-8-9-25-20(19(15)30)28-14-5-2-4-13(10-14)27-17-6-3-7-18-29-16(11-31(17)18)21(22,23)24/h3,6-9,11-14,27H,2,4-5,10H2,1H3,(H,25,28). The first-order valence-electron chi connectivity index (χ1n) is 10.2. The Kier molecular flexibility index (Phi) is 4.71. The maximum absolute atomic E-state index is 13.1. The van der Waals surface area contributed by atoms with Crippen LogP contribution < -0.4 is 10.6 Å². The number of fused-ring (bicyclic) bond motifs is 2. The number of aryl methyl sites for hydroxylation is 1. The van der Waals surface area contributed by atoms with E-state index in [-0.39, 0.29) is 17.7 Å². The van der Waals surface area contributed by atoms with Crippen LogP contribution in [0.1, 0.15) is 31.4 Å². The summed E-state index contributed by atoms with van der Waals surface area (Å²) in [6, 6.07) is 7.28. The zero-order valence-corrected chi connectivity index (χ0v) is 16.9. The van der Waals surface area contributed by atoms with Gasteiger partial charge in [0, 0.05) is 31.5 Å². The molecule has 0 spiro atoms. The molecule has 162 valence electrons. The summed E-state index contributed by atoms with van der Waals surface area (Å²) in [6.07, 6.45) is 3.86. The van der Waals surface area contributed by atoms with Crippen LogP contribution in [0.15, 0.2) is 43.0 Å². The van der Waals surface area contributed by atoms with E-state index < -0.39 is 11.9 Å². The number of rotatable bonds is 4. The van der Waals surface area contributed by atoms with E-state index in [1.807, 2.05) is 17.7 Å². The molecule has 0 aromatic carbocycles. The molecule has 2 unspecified atom stereocenters. The van der Waals surface area contributed by atoms with Crippen molar-refractivity contribution < 1.29 is 13.2 Å². The zero-order chi connectivity index (χ0) is 21.6. The molecule has 0 amide bonds. The van der Waals surface area contributed by atoms with Crippen molar-refractivity contribution in [3.8, 4) is 0 Å². The molecule has 2 N–H and O–H groups in total. The monoisotopic (exact) mass is 429 g/mol. The number of anilines is 2. The van der Waals surface area contributed by atoms with Crippen LogP contribution >= 0.6 is 0 Å². The fourth-order valence-corrected chi connectivity index (χ4v) is 4.33. The summed E-state index contributed by atoms with van der Waals surface area (Å²) in [4.78, 5) is 12.6. The first-order valence-corrected chi connectivity index (χ1v) is 10.2. The molecule has 4 heterocycles. The Balaban J connectivity index is 1.34. The fourth-order valence-electron chi connectivity index (χ4n) is 4.33. The van der Waals surface area contributed by atoms with Crippen molar-refractivity contribution >= 4 is 28.3 Å². The Labute approximate surface area is 176 Å². The molecule has 0 aliphatic heterocycles. The number of aromatic nitrogens is 5. The summed E-state index contributed by atoms with van der Waals surface area (Å²) in [5.74, 6) is 1.41. The van der Waals surface area contributed by atoms with Gasteiger partial charge in [-0.2, -0.15) is 13.2 Å². The first kappa shape index (κ1) is 19.7. The summed E-state index contributed by atoms with van der Waals surface area (Å²) in [6.45, 7) is 0. The molecule has 0 bridgehead atoms. The number of imidazole rings is 2. The van der Waals surface area contributed by atoms with Gasteiger partial charge < -0.3 is 15.2 Å². The van der Waals surface area contributed by atoms with Crippen LogP contribution in [-0.4, -0.2) is 36.0 Å². The van der Waals surface area contributed by atoms with Crippen molar-refractivity contribution in [2.45, 2.75) is 43.9 Å². The normalized spacial score (nSPS) is 19.7. The third-order valence-corrected chi connectivity index (χ3v) is 5.78. The van der Waals surface area contributed by atoms with E-state index in [9.17, 15) is 13.2 Å². The lowest BCUT2D eigenvalue weighted by Crippen LogP contribution is -2.35. The summed E-state index contributed by atoms with van der Waals surface area (Å²) < 4.78 is 42.6. The minimum atomic E-state index is -4.47.